The molecule has 0 unspecified atom stereocenters. The highest BCUT2D eigenvalue weighted by atomic mass is 16.5. The van der Waals surface area contributed by atoms with E-state index in [1.165, 1.54) is 15.5 Å². The van der Waals surface area contributed by atoms with Gasteiger partial charge >= 0.3 is 0 Å². The summed E-state index contributed by atoms with van der Waals surface area (Å²) in [5, 5.41) is 12.8. The number of hydrogen-bond donors (Lipinski definition) is 0. The minimum atomic E-state index is -0.276. The first-order chi connectivity index (χ1) is 15.0. The summed E-state index contributed by atoms with van der Waals surface area (Å²) in [7, 11) is 0. The summed E-state index contributed by atoms with van der Waals surface area (Å²) in [6, 6.07) is 15.8. The molecular weight excluding hydrogens is 392 g/mol. The normalized spacial score (nSPS) is 11.3. The largest absolute Gasteiger partial charge is 0.337 e. The lowest BCUT2D eigenvalue weighted by Gasteiger charge is -2.03. The van der Waals surface area contributed by atoms with Crippen molar-refractivity contribution in [2.45, 2.75) is 27.3 Å². The van der Waals surface area contributed by atoms with E-state index >= 15 is 0 Å². The molecule has 31 heavy (non-hydrogen) atoms. The van der Waals surface area contributed by atoms with Gasteiger partial charge in [0.2, 0.25) is 11.7 Å². The molecule has 0 aliphatic heterocycles. The van der Waals surface area contributed by atoms with Gasteiger partial charge in [-0.2, -0.15) is 15.2 Å². The maximum Gasteiger partial charge on any atom is 0.293 e. The van der Waals surface area contributed by atoms with Crippen LogP contribution >= 0.6 is 0 Å². The van der Waals surface area contributed by atoms with Crippen LogP contribution in [0, 0.1) is 20.8 Å². The van der Waals surface area contributed by atoms with Crippen LogP contribution in [-0.2, 0) is 6.54 Å². The van der Waals surface area contributed by atoms with Gasteiger partial charge < -0.3 is 4.52 Å². The Bertz CT molecular complexity index is 1460. The zero-order valence-corrected chi connectivity index (χ0v) is 17.4. The summed E-state index contributed by atoms with van der Waals surface area (Å²) >= 11 is 0. The number of benzene rings is 2. The lowest BCUT2D eigenvalue weighted by Crippen LogP contribution is -2.25. The summed E-state index contributed by atoms with van der Waals surface area (Å²) in [6.07, 6.45) is 1.52. The van der Waals surface area contributed by atoms with Gasteiger partial charge in [0.15, 0.2) is 0 Å². The van der Waals surface area contributed by atoms with Gasteiger partial charge in [-0.1, -0.05) is 52.7 Å². The first-order valence-electron chi connectivity index (χ1n) is 9.91. The molecule has 154 valence electrons. The van der Waals surface area contributed by atoms with Crippen LogP contribution in [0.4, 0.5) is 0 Å². The van der Waals surface area contributed by atoms with E-state index in [9.17, 15) is 4.79 Å². The van der Waals surface area contributed by atoms with Crippen LogP contribution in [0.5, 0.6) is 0 Å². The van der Waals surface area contributed by atoms with Crippen molar-refractivity contribution in [3.63, 3.8) is 0 Å². The summed E-state index contributed by atoms with van der Waals surface area (Å²) in [6.45, 7) is 6.15. The SMILES string of the molecule is Cc1ccc(-c2noc(Cn3ncn4nc(-c5cc(C)ccc5C)cc4c3=O)n2)cc1. The Morgan fingerprint density at radius 1 is 0.968 bits per heavy atom. The maximum atomic E-state index is 13.0. The summed E-state index contributed by atoms with van der Waals surface area (Å²) in [4.78, 5) is 17.4. The first kappa shape index (κ1) is 18.9. The van der Waals surface area contributed by atoms with Crippen LogP contribution in [0.1, 0.15) is 22.6 Å². The summed E-state index contributed by atoms with van der Waals surface area (Å²) in [5.41, 5.74) is 6.12. The van der Waals surface area contributed by atoms with Crippen molar-refractivity contribution in [1.82, 2.24) is 29.5 Å². The van der Waals surface area contributed by atoms with Crippen LogP contribution in [0.25, 0.3) is 28.2 Å². The smallest absolute Gasteiger partial charge is 0.293 e. The van der Waals surface area contributed by atoms with Gasteiger partial charge in [0, 0.05) is 11.1 Å². The molecule has 2 aromatic carbocycles. The molecule has 0 radical (unpaired) electrons. The van der Waals surface area contributed by atoms with E-state index in [1.54, 1.807) is 6.07 Å². The van der Waals surface area contributed by atoms with Gasteiger partial charge in [0.25, 0.3) is 5.56 Å². The van der Waals surface area contributed by atoms with E-state index in [0.717, 1.165) is 33.5 Å². The van der Waals surface area contributed by atoms with Crippen molar-refractivity contribution in [3.05, 3.63) is 87.8 Å². The fraction of sp³-hybridized carbons (Fsp3) is 0.174. The standard InChI is InChI=1S/C23H20N6O2/c1-14-5-8-17(9-6-14)22-25-21(31-27-22)12-28-23(30)20-11-19(26-29(20)13-24-28)18-10-15(2)4-7-16(18)3/h4-11,13H,12H2,1-3H3. The number of aromatic nitrogens is 6. The first-order valence-corrected chi connectivity index (χ1v) is 9.91. The fourth-order valence-electron chi connectivity index (χ4n) is 3.46. The van der Waals surface area contributed by atoms with Crippen molar-refractivity contribution in [2.75, 3.05) is 0 Å². The maximum absolute atomic E-state index is 13.0. The molecular formula is C23H20N6O2. The highest BCUT2D eigenvalue weighted by Crippen LogP contribution is 2.23. The highest BCUT2D eigenvalue weighted by molar-refractivity contribution is 5.69. The molecule has 0 spiro atoms. The van der Waals surface area contributed by atoms with Crippen LogP contribution < -0.4 is 5.56 Å². The molecule has 3 aromatic heterocycles. The third-order valence-corrected chi connectivity index (χ3v) is 5.22. The van der Waals surface area contributed by atoms with Gasteiger partial charge in [-0.05, 0) is 38.5 Å². The van der Waals surface area contributed by atoms with Crippen molar-refractivity contribution in [2.24, 2.45) is 0 Å². The zero-order valence-electron chi connectivity index (χ0n) is 17.4. The molecule has 0 atom stereocenters. The molecule has 8 nitrogen and oxygen atoms in total. The molecule has 0 aliphatic rings. The Balaban J connectivity index is 1.47. The third kappa shape index (κ3) is 3.52. The van der Waals surface area contributed by atoms with Crippen LogP contribution in [-0.4, -0.2) is 29.5 Å². The predicted octanol–water partition coefficient (Wildman–Crippen LogP) is 3.58. The Labute approximate surface area is 177 Å². The van der Waals surface area contributed by atoms with Crippen LogP contribution in [0.3, 0.4) is 0 Å². The van der Waals surface area contributed by atoms with Crippen molar-refractivity contribution >= 4 is 5.52 Å². The monoisotopic (exact) mass is 412 g/mol. The Kier molecular flexibility index (Phi) is 4.47. The summed E-state index contributed by atoms with van der Waals surface area (Å²) < 4.78 is 8.14. The molecule has 5 aromatic rings. The lowest BCUT2D eigenvalue weighted by molar-refractivity contribution is 0.362. The van der Waals surface area contributed by atoms with Gasteiger partial charge in [-0.15, -0.1) is 0 Å². The van der Waals surface area contributed by atoms with Crippen molar-refractivity contribution < 1.29 is 4.52 Å². The fourth-order valence-corrected chi connectivity index (χ4v) is 3.46. The van der Waals surface area contributed by atoms with Crippen molar-refractivity contribution in [1.29, 1.82) is 0 Å². The molecule has 0 N–H and O–H groups in total. The van der Waals surface area contributed by atoms with Gasteiger partial charge in [0.1, 0.15) is 18.4 Å². The van der Waals surface area contributed by atoms with E-state index in [4.69, 9.17) is 4.52 Å². The second kappa shape index (κ2) is 7.32. The Morgan fingerprint density at radius 2 is 1.74 bits per heavy atom. The number of hydrogen-bond acceptors (Lipinski definition) is 6. The van der Waals surface area contributed by atoms with Crippen LogP contribution in [0.2, 0.25) is 0 Å². The molecule has 0 fully saturated rings. The minimum Gasteiger partial charge on any atom is -0.337 e. The molecule has 5 rings (SSSR count). The molecule has 0 saturated heterocycles. The summed E-state index contributed by atoms with van der Waals surface area (Å²) in [5.74, 6) is 0.787. The number of rotatable bonds is 4. The zero-order chi connectivity index (χ0) is 21.5. The Hall–Kier alpha value is -4.07. The third-order valence-electron chi connectivity index (χ3n) is 5.22. The van der Waals surface area contributed by atoms with E-state index in [1.807, 2.05) is 51.1 Å². The van der Waals surface area contributed by atoms with E-state index < -0.39 is 0 Å². The average Bonchev–Trinajstić information content (AvgIpc) is 3.40. The van der Waals surface area contributed by atoms with Crippen LogP contribution in [0.15, 0.2) is 64.2 Å². The minimum absolute atomic E-state index is 0.0815. The topological polar surface area (TPSA) is 91.1 Å². The predicted molar refractivity (Wildman–Crippen MR) is 116 cm³/mol. The molecule has 8 heteroatoms. The second-order valence-corrected chi connectivity index (χ2v) is 7.65. The Morgan fingerprint density at radius 3 is 2.55 bits per heavy atom. The molecule has 0 saturated carbocycles. The second-order valence-electron chi connectivity index (χ2n) is 7.65. The number of fused-ring (bicyclic) bond motifs is 1. The lowest BCUT2D eigenvalue weighted by atomic mass is 10.0. The average molecular weight is 412 g/mol. The van der Waals surface area contributed by atoms with E-state index in [2.05, 4.69) is 32.5 Å². The molecule has 3 heterocycles. The molecule has 0 aliphatic carbocycles. The number of aryl methyl sites for hydroxylation is 3. The highest BCUT2D eigenvalue weighted by Gasteiger charge is 2.15. The molecule has 0 bridgehead atoms. The van der Waals surface area contributed by atoms with Gasteiger partial charge in [0.05, 0.1) is 5.69 Å². The van der Waals surface area contributed by atoms with E-state index in [0.29, 0.717) is 17.2 Å². The number of nitrogens with zero attached hydrogens (tertiary/aromatic N) is 6. The van der Waals surface area contributed by atoms with Crippen molar-refractivity contribution in [3.8, 4) is 22.6 Å². The van der Waals surface area contributed by atoms with Gasteiger partial charge in [-0.3, -0.25) is 4.79 Å². The molecule has 0 amide bonds. The van der Waals surface area contributed by atoms with Gasteiger partial charge in [-0.25, -0.2) is 9.20 Å². The van der Waals surface area contributed by atoms with E-state index in [-0.39, 0.29) is 12.1 Å². The quantitative estimate of drug-likeness (QED) is 0.448.